The number of hydrogen-bond donors (Lipinski definition) is 1. The largest absolute Gasteiger partial charge is 0.469 e. The van der Waals surface area contributed by atoms with Crippen LogP contribution in [-0.4, -0.2) is 62.3 Å². The minimum atomic E-state index is -0.325. The van der Waals surface area contributed by atoms with Crippen molar-refractivity contribution in [1.82, 2.24) is 10.2 Å². The van der Waals surface area contributed by atoms with Crippen molar-refractivity contribution in [3.8, 4) is 0 Å². The van der Waals surface area contributed by atoms with Crippen LogP contribution in [0.25, 0.3) is 0 Å². The van der Waals surface area contributed by atoms with Gasteiger partial charge in [0.15, 0.2) is 0 Å². The Bertz CT molecular complexity index is 313. The molecular weight excluding hydrogens is 260 g/mol. The average molecular weight is 288 g/mol. The SMILES string of the molecule is COCCN(CCC(=O)OC)C(C)C(=O)NC(C)(C)C. The van der Waals surface area contributed by atoms with Crippen LogP contribution in [0.15, 0.2) is 0 Å². The molecule has 0 rings (SSSR count). The van der Waals surface area contributed by atoms with E-state index in [0.717, 1.165) is 0 Å². The maximum absolute atomic E-state index is 12.2. The van der Waals surface area contributed by atoms with Crippen molar-refractivity contribution in [2.45, 2.75) is 45.7 Å². The number of ether oxygens (including phenoxy) is 2. The summed E-state index contributed by atoms with van der Waals surface area (Å²) in [5.41, 5.74) is -0.277. The van der Waals surface area contributed by atoms with E-state index in [1.165, 1.54) is 7.11 Å². The first kappa shape index (κ1) is 18.9. The molecule has 0 heterocycles. The first-order chi connectivity index (χ1) is 9.21. The number of hydrogen-bond acceptors (Lipinski definition) is 5. The number of nitrogens with one attached hydrogen (secondary N) is 1. The van der Waals surface area contributed by atoms with Gasteiger partial charge in [0.1, 0.15) is 0 Å². The summed E-state index contributed by atoms with van der Waals surface area (Å²) in [5.74, 6) is -0.339. The predicted octanol–water partition coefficient (Wildman–Crippen LogP) is 0.801. The summed E-state index contributed by atoms with van der Waals surface area (Å²) in [6.45, 7) is 9.20. The number of methoxy groups -OCH3 is 2. The summed E-state index contributed by atoms with van der Waals surface area (Å²) in [6, 6.07) is -0.325. The monoisotopic (exact) mass is 288 g/mol. The van der Waals surface area contributed by atoms with Gasteiger partial charge >= 0.3 is 5.97 Å². The number of amides is 1. The highest BCUT2D eigenvalue weighted by Gasteiger charge is 2.24. The normalized spacial score (nSPS) is 13.2. The van der Waals surface area contributed by atoms with Crippen LogP contribution in [0.4, 0.5) is 0 Å². The Labute approximate surface area is 121 Å². The molecule has 0 aromatic heterocycles. The lowest BCUT2D eigenvalue weighted by molar-refractivity contribution is -0.141. The standard InChI is InChI=1S/C14H28N2O4/c1-11(13(18)15-14(2,3)4)16(9-10-19-5)8-7-12(17)20-6/h11H,7-10H2,1-6H3,(H,15,18). The Kier molecular flexibility index (Phi) is 8.41. The number of esters is 1. The van der Waals surface area contributed by atoms with Crippen LogP contribution in [0, 0.1) is 0 Å². The molecule has 6 nitrogen and oxygen atoms in total. The molecule has 1 unspecified atom stereocenters. The first-order valence-electron chi connectivity index (χ1n) is 6.83. The molecule has 0 spiro atoms. The molecule has 0 fully saturated rings. The summed E-state index contributed by atoms with van der Waals surface area (Å²) in [4.78, 5) is 25.3. The van der Waals surface area contributed by atoms with Crippen molar-refractivity contribution in [3.05, 3.63) is 0 Å². The number of carbonyl (C=O) groups is 2. The van der Waals surface area contributed by atoms with Gasteiger partial charge < -0.3 is 14.8 Å². The van der Waals surface area contributed by atoms with Gasteiger partial charge in [-0.15, -0.1) is 0 Å². The van der Waals surface area contributed by atoms with E-state index in [1.54, 1.807) is 7.11 Å². The summed E-state index contributed by atoms with van der Waals surface area (Å²) in [7, 11) is 2.97. The third-order valence-electron chi connectivity index (χ3n) is 2.84. The van der Waals surface area contributed by atoms with Crippen LogP contribution < -0.4 is 5.32 Å². The van der Waals surface area contributed by atoms with E-state index in [4.69, 9.17) is 4.74 Å². The van der Waals surface area contributed by atoms with E-state index in [2.05, 4.69) is 10.1 Å². The quantitative estimate of drug-likeness (QED) is 0.669. The molecule has 0 aliphatic carbocycles. The van der Waals surface area contributed by atoms with Gasteiger partial charge in [0.05, 0.1) is 26.2 Å². The molecule has 0 aromatic carbocycles. The third-order valence-corrected chi connectivity index (χ3v) is 2.84. The number of rotatable bonds is 8. The minimum Gasteiger partial charge on any atom is -0.469 e. The fourth-order valence-electron chi connectivity index (χ4n) is 1.68. The van der Waals surface area contributed by atoms with E-state index in [1.807, 2.05) is 32.6 Å². The Morgan fingerprint density at radius 2 is 1.80 bits per heavy atom. The van der Waals surface area contributed by atoms with E-state index >= 15 is 0 Å². The molecule has 20 heavy (non-hydrogen) atoms. The first-order valence-corrected chi connectivity index (χ1v) is 6.83. The van der Waals surface area contributed by atoms with Crippen molar-refractivity contribution >= 4 is 11.9 Å². The highest BCUT2D eigenvalue weighted by atomic mass is 16.5. The Morgan fingerprint density at radius 3 is 2.25 bits per heavy atom. The predicted molar refractivity (Wildman–Crippen MR) is 77.4 cm³/mol. The van der Waals surface area contributed by atoms with Gasteiger partial charge in [0.2, 0.25) is 5.91 Å². The third kappa shape index (κ3) is 8.12. The van der Waals surface area contributed by atoms with Crippen LogP contribution >= 0.6 is 0 Å². The summed E-state index contributed by atoms with van der Waals surface area (Å²) >= 11 is 0. The molecule has 0 saturated heterocycles. The molecule has 1 atom stereocenters. The highest BCUT2D eigenvalue weighted by Crippen LogP contribution is 2.05. The van der Waals surface area contributed by atoms with E-state index < -0.39 is 0 Å². The second-order valence-corrected chi connectivity index (χ2v) is 5.77. The molecule has 118 valence electrons. The maximum Gasteiger partial charge on any atom is 0.306 e. The van der Waals surface area contributed by atoms with Gasteiger partial charge in [-0.3, -0.25) is 14.5 Å². The molecule has 0 aromatic rings. The molecule has 0 aliphatic rings. The molecule has 1 N–H and O–H groups in total. The molecule has 0 aliphatic heterocycles. The van der Waals surface area contributed by atoms with Crippen molar-refractivity contribution < 1.29 is 19.1 Å². The molecule has 0 saturated carbocycles. The average Bonchev–Trinajstić information content (AvgIpc) is 2.35. The number of nitrogens with zero attached hydrogens (tertiary/aromatic N) is 1. The summed E-state index contributed by atoms with van der Waals surface area (Å²) in [6.07, 6.45) is 0.257. The zero-order valence-electron chi connectivity index (χ0n) is 13.5. The second-order valence-electron chi connectivity index (χ2n) is 5.77. The van der Waals surface area contributed by atoms with E-state index in [0.29, 0.717) is 19.7 Å². The van der Waals surface area contributed by atoms with Crippen LogP contribution in [0.1, 0.15) is 34.1 Å². The van der Waals surface area contributed by atoms with Gasteiger partial charge in [-0.05, 0) is 27.7 Å². The van der Waals surface area contributed by atoms with Crippen LogP contribution in [0.5, 0.6) is 0 Å². The van der Waals surface area contributed by atoms with Gasteiger partial charge in [0.25, 0.3) is 0 Å². The molecular formula is C14H28N2O4. The molecule has 0 bridgehead atoms. The second kappa shape index (κ2) is 8.92. The van der Waals surface area contributed by atoms with Crippen LogP contribution in [-0.2, 0) is 19.1 Å². The zero-order valence-corrected chi connectivity index (χ0v) is 13.5. The lowest BCUT2D eigenvalue weighted by atomic mass is 10.1. The Hall–Kier alpha value is -1.14. The zero-order chi connectivity index (χ0) is 15.8. The topological polar surface area (TPSA) is 67.9 Å². The van der Waals surface area contributed by atoms with E-state index in [9.17, 15) is 9.59 Å². The van der Waals surface area contributed by atoms with Crippen molar-refractivity contribution in [2.75, 3.05) is 33.9 Å². The Balaban J connectivity index is 4.57. The minimum absolute atomic E-state index is 0.0570. The number of carbonyl (C=O) groups excluding carboxylic acids is 2. The Morgan fingerprint density at radius 1 is 1.20 bits per heavy atom. The molecule has 6 heteroatoms. The van der Waals surface area contributed by atoms with Gasteiger partial charge in [-0.2, -0.15) is 0 Å². The molecule has 1 amide bonds. The fraction of sp³-hybridized carbons (Fsp3) is 0.857. The summed E-state index contributed by atoms with van der Waals surface area (Å²) < 4.78 is 9.68. The van der Waals surface area contributed by atoms with Gasteiger partial charge in [-0.1, -0.05) is 0 Å². The van der Waals surface area contributed by atoms with Gasteiger partial charge in [-0.25, -0.2) is 0 Å². The lowest BCUT2D eigenvalue weighted by Crippen LogP contribution is -2.52. The fourth-order valence-corrected chi connectivity index (χ4v) is 1.68. The highest BCUT2D eigenvalue weighted by molar-refractivity contribution is 5.82. The summed E-state index contributed by atoms with van der Waals surface area (Å²) in [5, 5.41) is 2.94. The molecule has 0 radical (unpaired) electrons. The van der Waals surface area contributed by atoms with Crippen LogP contribution in [0.2, 0.25) is 0 Å². The van der Waals surface area contributed by atoms with Crippen molar-refractivity contribution in [2.24, 2.45) is 0 Å². The lowest BCUT2D eigenvalue weighted by Gasteiger charge is -2.30. The smallest absolute Gasteiger partial charge is 0.306 e. The maximum atomic E-state index is 12.2. The van der Waals surface area contributed by atoms with Crippen molar-refractivity contribution in [3.63, 3.8) is 0 Å². The van der Waals surface area contributed by atoms with E-state index in [-0.39, 0.29) is 29.9 Å². The van der Waals surface area contributed by atoms with Crippen LogP contribution in [0.3, 0.4) is 0 Å². The van der Waals surface area contributed by atoms with Gasteiger partial charge in [0, 0.05) is 25.7 Å². The van der Waals surface area contributed by atoms with Crippen molar-refractivity contribution in [1.29, 1.82) is 0 Å².